The molecule has 20 heavy (non-hydrogen) atoms. The predicted octanol–water partition coefficient (Wildman–Crippen LogP) is 3.41. The molecule has 2 rings (SSSR count). The van der Waals surface area contributed by atoms with Crippen LogP contribution in [0.4, 0.5) is 4.39 Å². The summed E-state index contributed by atoms with van der Waals surface area (Å²) in [5.41, 5.74) is -0.494. The van der Waals surface area contributed by atoms with E-state index in [-0.39, 0.29) is 11.9 Å². The zero-order chi connectivity index (χ0) is 14.4. The van der Waals surface area contributed by atoms with Crippen LogP contribution in [0.2, 0.25) is 0 Å². The van der Waals surface area contributed by atoms with Crippen molar-refractivity contribution in [1.29, 1.82) is 5.26 Å². The van der Waals surface area contributed by atoms with Gasteiger partial charge in [-0.15, -0.1) is 0 Å². The monoisotopic (exact) mass is 276 g/mol. The van der Waals surface area contributed by atoms with E-state index in [4.69, 9.17) is 4.74 Å². The summed E-state index contributed by atoms with van der Waals surface area (Å²) < 4.78 is 19.0. The molecule has 0 bridgehead atoms. The van der Waals surface area contributed by atoms with Crippen LogP contribution in [0.1, 0.15) is 39.0 Å². The van der Waals surface area contributed by atoms with Crippen LogP contribution in [-0.2, 0) is 0 Å². The number of nitrogens with zero attached hydrogens (tertiary/aromatic N) is 1. The first-order valence-corrected chi connectivity index (χ1v) is 7.26. The van der Waals surface area contributed by atoms with E-state index in [2.05, 4.69) is 18.3 Å². The molecule has 0 radical (unpaired) electrons. The molecule has 2 unspecified atom stereocenters. The molecule has 108 valence electrons. The zero-order valence-electron chi connectivity index (χ0n) is 11.9. The van der Waals surface area contributed by atoms with Gasteiger partial charge >= 0.3 is 0 Å². The van der Waals surface area contributed by atoms with Crippen LogP contribution in [0, 0.1) is 17.1 Å². The number of nitriles is 1. The Kier molecular flexibility index (Phi) is 4.97. The van der Waals surface area contributed by atoms with Crippen molar-refractivity contribution in [3.63, 3.8) is 0 Å². The lowest BCUT2D eigenvalue weighted by molar-refractivity contribution is 0.112. The van der Waals surface area contributed by atoms with Crippen LogP contribution in [0.25, 0.3) is 0 Å². The number of nitrogens with one attached hydrogen (secondary N) is 1. The molecule has 0 saturated heterocycles. The van der Waals surface area contributed by atoms with Gasteiger partial charge in [0.25, 0.3) is 0 Å². The second kappa shape index (κ2) is 6.71. The van der Waals surface area contributed by atoms with Gasteiger partial charge in [0.15, 0.2) is 0 Å². The highest BCUT2D eigenvalue weighted by molar-refractivity contribution is 5.23. The van der Waals surface area contributed by atoms with Crippen LogP contribution in [0.5, 0.6) is 5.75 Å². The van der Waals surface area contributed by atoms with Gasteiger partial charge in [-0.2, -0.15) is 5.26 Å². The Labute approximate surface area is 119 Å². The van der Waals surface area contributed by atoms with E-state index in [1.807, 2.05) is 0 Å². The van der Waals surface area contributed by atoms with E-state index in [1.54, 1.807) is 12.1 Å². The van der Waals surface area contributed by atoms with Crippen molar-refractivity contribution < 1.29 is 9.13 Å². The molecule has 1 aliphatic rings. The average molecular weight is 276 g/mol. The molecule has 1 N–H and O–H groups in total. The van der Waals surface area contributed by atoms with Crippen molar-refractivity contribution in [2.45, 2.75) is 50.7 Å². The van der Waals surface area contributed by atoms with E-state index in [0.717, 1.165) is 32.2 Å². The van der Waals surface area contributed by atoms with E-state index < -0.39 is 5.54 Å². The van der Waals surface area contributed by atoms with Gasteiger partial charge in [-0.25, -0.2) is 4.39 Å². The summed E-state index contributed by atoms with van der Waals surface area (Å²) in [7, 11) is 0. The SMILES string of the molecule is CCCNC1(C#N)CCCC(Oc2cccc(F)c2)C1. The highest BCUT2D eigenvalue weighted by atomic mass is 19.1. The lowest BCUT2D eigenvalue weighted by Gasteiger charge is -2.36. The Balaban J connectivity index is 2.01. The van der Waals surface area contributed by atoms with Crippen molar-refractivity contribution in [3.05, 3.63) is 30.1 Å². The van der Waals surface area contributed by atoms with E-state index in [0.29, 0.717) is 12.2 Å². The van der Waals surface area contributed by atoms with Crippen LogP contribution >= 0.6 is 0 Å². The Hall–Kier alpha value is -1.60. The highest BCUT2D eigenvalue weighted by Crippen LogP contribution is 2.31. The second-order valence-corrected chi connectivity index (χ2v) is 5.41. The molecule has 0 heterocycles. The van der Waals surface area contributed by atoms with Crippen LogP contribution in [0.15, 0.2) is 24.3 Å². The molecular weight excluding hydrogens is 255 g/mol. The molecular formula is C16H21FN2O. The smallest absolute Gasteiger partial charge is 0.126 e. The minimum Gasteiger partial charge on any atom is -0.490 e. The molecule has 2 atom stereocenters. The number of benzene rings is 1. The summed E-state index contributed by atoms with van der Waals surface area (Å²) in [6.07, 6.45) is 4.33. The summed E-state index contributed by atoms with van der Waals surface area (Å²) >= 11 is 0. The number of rotatable bonds is 5. The van der Waals surface area contributed by atoms with Crippen molar-refractivity contribution in [3.8, 4) is 11.8 Å². The maximum absolute atomic E-state index is 13.2. The number of ether oxygens (including phenoxy) is 1. The number of hydrogen-bond acceptors (Lipinski definition) is 3. The fourth-order valence-electron chi connectivity index (χ4n) is 2.72. The number of hydrogen-bond donors (Lipinski definition) is 1. The minimum atomic E-state index is -0.494. The summed E-state index contributed by atoms with van der Waals surface area (Å²) in [4.78, 5) is 0. The van der Waals surface area contributed by atoms with Crippen LogP contribution in [-0.4, -0.2) is 18.2 Å². The zero-order valence-corrected chi connectivity index (χ0v) is 11.9. The molecule has 4 heteroatoms. The molecule has 0 aliphatic heterocycles. The van der Waals surface area contributed by atoms with Gasteiger partial charge in [0.2, 0.25) is 0 Å². The Morgan fingerprint density at radius 2 is 2.40 bits per heavy atom. The number of halogens is 1. The maximum atomic E-state index is 13.2. The van der Waals surface area contributed by atoms with E-state index >= 15 is 0 Å². The quantitative estimate of drug-likeness (QED) is 0.896. The van der Waals surface area contributed by atoms with Crippen LogP contribution in [0.3, 0.4) is 0 Å². The Bertz CT molecular complexity index is 486. The summed E-state index contributed by atoms with van der Waals surface area (Å²) in [5, 5.41) is 12.8. The summed E-state index contributed by atoms with van der Waals surface area (Å²) in [6.45, 7) is 2.92. The van der Waals surface area contributed by atoms with E-state index in [9.17, 15) is 9.65 Å². The van der Waals surface area contributed by atoms with Gasteiger partial charge in [-0.05, 0) is 44.4 Å². The minimum absolute atomic E-state index is 0.0328. The van der Waals surface area contributed by atoms with Gasteiger partial charge in [-0.3, -0.25) is 5.32 Å². The van der Waals surface area contributed by atoms with Gasteiger partial charge in [-0.1, -0.05) is 13.0 Å². The van der Waals surface area contributed by atoms with Crippen LogP contribution < -0.4 is 10.1 Å². The summed E-state index contributed by atoms with van der Waals surface area (Å²) in [6, 6.07) is 8.60. The van der Waals surface area contributed by atoms with Gasteiger partial charge in [0, 0.05) is 12.5 Å². The van der Waals surface area contributed by atoms with Crippen molar-refractivity contribution >= 4 is 0 Å². The average Bonchev–Trinajstić information content (AvgIpc) is 2.45. The van der Waals surface area contributed by atoms with Gasteiger partial charge in [0.05, 0.1) is 6.07 Å². The molecule has 1 aromatic carbocycles. The Morgan fingerprint density at radius 1 is 1.55 bits per heavy atom. The molecule has 1 aliphatic carbocycles. The first kappa shape index (κ1) is 14.8. The second-order valence-electron chi connectivity index (χ2n) is 5.41. The normalized spacial score (nSPS) is 25.9. The molecule has 0 amide bonds. The lowest BCUT2D eigenvalue weighted by atomic mass is 9.81. The Morgan fingerprint density at radius 3 is 3.10 bits per heavy atom. The molecule has 1 fully saturated rings. The lowest BCUT2D eigenvalue weighted by Crippen LogP contribution is -2.50. The molecule has 0 spiro atoms. The molecule has 1 aromatic rings. The van der Waals surface area contributed by atoms with Gasteiger partial charge in [0.1, 0.15) is 23.2 Å². The largest absolute Gasteiger partial charge is 0.490 e. The van der Waals surface area contributed by atoms with E-state index in [1.165, 1.54) is 12.1 Å². The highest BCUT2D eigenvalue weighted by Gasteiger charge is 2.37. The molecule has 1 saturated carbocycles. The van der Waals surface area contributed by atoms with Crippen molar-refractivity contribution in [2.24, 2.45) is 0 Å². The fourth-order valence-corrected chi connectivity index (χ4v) is 2.72. The fraction of sp³-hybridized carbons (Fsp3) is 0.562. The first-order chi connectivity index (χ1) is 9.67. The predicted molar refractivity (Wildman–Crippen MR) is 75.9 cm³/mol. The van der Waals surface area contributed by atoms with Crippen molar-refractivity contribution in [2.75, 3.05) is 6.54 Å². The third-order valence-corrected chi connectivity index (χ3v) is 3.73. The molecule has 3 nitrogen and oxygen atoms in total. The van der Waals surface area contributed by atoms with Gasteiger partial charge < -0.3 is 4.74 Å². The standard InChI is InChI=1S/C16H21FN2O/c1-2-9-19-16(12-18)8-4-7-15(11-16)20-14-6-3-5-13(17)10-14/h3,5-6,10,15,19H,2,4,7-9,11H2,1H3. The first-order valence-electron chi connectivity index (χ1n) is 7.26. The summed E-state index contributed by atoms with van der Waals surface area (Å²) in [5.74, 6) is 0.244. The maximum Gasteiger partial charge on any atom is 0.126 e. The third-order valence-electron chi connectivity index (χ3n) is 3.73. The topological polar surface area (TPSA) is 45.0 Å². The third kappa shape index (κ3) is 3.71. The molecule has 0 aromatic heterocycles. The van der Waals surface area contributed by atoms with Crippen molar-refractivity contribution in [1.82, 2.24) is 5.32 Å².